The Morgan fingerprint density at radius 3 is 2.82 bits per heavy atom. The molecule has 2 rings (SSSR count). The number of fused-ring (bicyclic) bond motifs is 1. The number of hydrogen-bond acceptors (Lipinski definition) is 2. The van der Waals surface area contributed by atoms with E-state index in [1.165, 1.54) is 3.58 Å². The van der Waals surface area contributed by atoms with Gasteiger partial charge in [0.05, 0.1) is 0 Å². The molecule has 0 unspecified atom stereocenters. The minimum atomic E-state index is 0.561. The average Bonchev–Trinajstić information content (AvgIpc) is 2.30. The Labute approximate surface area is 78.1 Å². The Kier molecular flexibility index (Phi) is 1.68. The van der Waals surface area contributed by atoms with Gasteiger partial charge >= 0.3 is 77.9 Å². The van der Waals surface area contributed by atoms with Crippen LogP contribution < -0.4 is 0 Å². The molecular formula is C7H5CuN2S. The molecule has 1 aromatic heterocycles. The van der Waals surface area contributed by atoms with E-state index in [-0.39, 0.29) is 0 Å². The molecule has 2 nitrogen and oxygen atoms in total. The van der Waals surface area contributed by atoms with Crippen molar-refractivity contribution in [2.75, 3.05) is 0 Å². The van der Waals surface area contributed by atoms with Crippen LogP contribution in [0.1, 0.15) is 0 Å². The summed E-state index contributed by atoms with van der Waals surface area (Å²) in [7, 11) is 0. The molecule has 0 bridgehead atoms. The molecule has 0 saturated heterocycles. The van der Waals surface area contributed by atoms with E-state index in [2.05, 4.69) is 17.6 Å². The van der Waals surface area contributed by atoms with Crippen molar-refractivity contribution in [1.82, 2.24) is 8.57 Å². The zero-order valence-corrected chi connectivity index (χ0v) is 7.29. The summed E-state index contributed by atoms with van der Waals surface area (Å²) in [5.74, 6) is 0. The molecule has 1 heterocycles. The molecule has 1 aromatic carbocycles. The first-order chi connectivity index (χ1) is 5.29. The number of aromatic nitrogens is 2. The van der Waals surface area contributed by atoms with Crippen molar-refractivity contribution < 1.29 is 16.2 Å². The fraction of sp³-hybridized carbons (Fsp3) is 0. The molecule has 2 aromatic rings. The molecule has 0 aliphatic rings. The van der Waals surface area contributed by atoms with Gasteiger partial charge in [-0.1, -0.05) is 0 Å². The molecule has 0 saturated carbocycles. The number of imidazole rings is 1. The van der Waals surface area contributed by atoms with Gasteiger partial charge in [-0.2, -0.15) is 0 Å². The standard InChI is InChI=1S/C7H5N2S.Cu/c10-7-8-5-3-1-2-4-6(5)9-7;/h1-4H,(H-,8,9,10);/q-1;+1. The quantitative estimate of drug-likeness (QED) is 0.519. The molecule has 0 radical (unpaired) electrons. The zero-order valence-electron chi connectivity index (χ0n) is 5.45. The molecule has 0 fully saturated rings. The number of nitrogens with zero attached hydrogens (tertiary/aromatic N) is 2. The van der Waals surface area contributed by atoms with Crippen molar-refractivity contribution in [3.63, 3.8) is 0 Å². The van der Waals surface area contributed by atoms with Crippen LogP contribution in [0.25, 0.3) is 11.0 Å². The maximum atomic E-state index is 5.16. The normalized spacial score (nSPS) is 10.8. The van der Waals surface area contributed by atoms with Crippen LogP contribution in [-0.4, -0.2) is 8.57 Å². The summed E-state index contributed by atoms with van der Waals surface area (Å²) in [4.78, 5) is 4.13. The van der Waals surface area contributed by atoms with Crippen molar-refractivity contribution >= 4 is 23.7 Å². The van der Waals surface area contributed by atoms with Crippen LogP contribution >= 0.6 is 12.6 Å². The molecule has 0 amide bonds. The van der Waals surface area contributed by atoms with Gasteiger partial charge in [0.1, 0.15) is 0 Å². The van der Waals surface area contributed by atoms with Crippen LogP contribution in [-0.2, 0) is 16.2 Å². The van der Waals surface area contributed by atoms with Crippen LogP contribution in [0.4, 0.5) is 0 Å². The van der Waals surface area contributed by atoms with Crippen LogP contribution in [0, 0.1) is 0 Å². The van der Waals surface area contributed by atoms with Crippen molar-refractivity contribution in [3.05, 3.63) is 24.3 Å². The predicted octanol–water partition coefficient (Wildman–Crippen LogP) is 1.63. The number of benzene rings is 1. The summed E-state index contributed by atoms with van der Waals surface area (Å²) in [6, 6.07) is 7.69. The Hall–Kier alpha value is -0.441. The molecule has 0 spiro atoms. The molecule has 0 atom stereocenters. The van der Waals surface area contributed by atoms with Crippen LogP contribution in [0.5, 0.6) is 0 Å². The Bertz CT molecular complexity index is 396. The van der Waals surface area contributed by atoms with E-state index in [0.29, 0.717) is 5.16 Å². The SMILES string of the molecule is Sc1nc2ccccc2[n]1[Cu]. The van der Waals surface area contributed by atoms with Gasteiger partial charge in [0.25, 0.3) is 0 Å². The van der Waals surface area contributed by atoms with Gasteiger partial charge in [-0.05, 0) is 0 Å². The second-order valence-corrected chi connectivity index (χ2v) is 2.97. The van der Waals surface area contributed by atoms with Gasteiger partial charge < -0.3 is 0 Å². The molecular weight excluding hydrogens is 208 g/mol. The van der Waals surface area contributed by atoms with Gasteiger partial charge in [-0.25, -0.2) is 0 Å². The van der Waals surface area contributed by atoms with Gasteiger partial charge in [-0.15, -0.1) is 0 Å². The Morgan fingerprint density at radius 2 is 2.09 bits per heavy atom. The summed E-state index contributed by atoms with van der Waals surface area (Å²) in [6.45, 7) is 0. The number of para-hydroxylation sites is 2. The average molecular weight is 213 g/mol. The summed E-state index contributed by atoms with van der Waals surface area (Å²) in [5.41, 5.74) is 1.82. The minimum absolute atomic E-state index is 0.561. The molecule has 0 aliphatic heterocycles. The summed E-state index contributed by atoms with van der Waals surface area (Å²) in [6.07, 6.45) is 0. The third-order valence-corrected chi connectivity index (χ3v) is 2.32. The fourth-order valence-electron chi connectivity index (χ4n) is 0.966. The Morgan fingerprint density at radius 1 is 1.36 bits per heavy atom. The monoisotopic (exact) mass is 212 g/mol. The van der Waals surface area contributed by atoms with E-state index in [9.17, 15) is 0 Å². The third kappa shape index (κ3) is 1.07. The van der Waals surface area contributed by atoms with E-state index in [1.807, 2.05) is 24.3 Å². The van der Waals surface area contributed by atoms with E-state index >= 15 is 0 Å². The molecule has 0 N–H and O–H groups in total. The first-order valence-electron chi connectivity index (χ1n) is 3.08. The topological polar surface area (TPSA) is 17.8 Å². The zero-order chi connectivity index (χ0) is 7.84. The van der Waals surface area contributed by atoms with Crippen LogP contribution in [0.15, 0.2) is 29.4 Å². The van der Waals surface area contributed by atoms with E-state index in [1.54, 1.807) is 0 Å². The first kappa shape index (κ1) is 7.22. The number of hydrogen-bond donors (Lipinski definition) is 1. The third-order valence-electron chi connectivity index (χ3n) is 1.46. The second kappa shape index (κ2) is 2.55. The molecule has 11 heavy (non-hydrogen) atoms. The summed E-state index contributed by atoms with van der Waals surface area (Å²) >= 11 is 9.26. The maximum absolute atomic E-state index is 5.16. The van der Waals surface area contributed by atoms with Gasteiger partial charge in [-0.3, -0.25) is 0 Å². The van der Waals surface area contributed by atoms with Gasteiger partial charge in [0.15, 0.2) is 0 Å². The summed E-state index contributed by atoms with van der Waals surface area (Å²) in [5, 5.41) is 0.561. The second-order valence-electron chi connectivity index (χ2n) is 2.15. The van der Waals surface area contributed by atoms with E-state index in [4.69, 9.17) is 16.2 Å². The van der Waals surface area contributed by atoms with E-state index in [0.717, 1.165) is 11.0 Å². The summed E-state index contributed by atoms with van der Waals surface area (Å²) < 4.78 is 1.52. The Balaban J connectivity index is 2.92. The predicted molar refractivity (Wildman–Crippen MR) is 42.4 cm³/mol. The van der Waals surface area contributed by atoms with Gasteiger partial charge in [0.2, 0.25) is 0 Å². The molecule has 4 heteroatoms. The van der Waals surface area contributed by atoms with Crippen LogP contribution in [0.2, 0.25) is 0 Å². The van der Waals surface area contributed by atoms with E-state index < -0.39 is 0 Å². The van der Waals surface area contributed by atoms with Crippen molar-refractivity contribution in [1.29, 1.82) is 0 Å². The van der Waals surface area contributed by atoms with Crippen molar-refractivity contribution in [2.45, 2.75) is 5.16 Å². The molecule has 0 aliphatic carbocycles. The first-order valence-corrected chi connectivity index (χ1v) is 3.95. The number of thiol groups is 1. The van der Waals surface area contributed by atoms with Crippen LogP contribution in [0.3, 0.4) is 0 Å². The van der Waals surface area contributed by atoms with Crippen molar-refractivity contribution in [3.8, 4) is 0 Å². The van der Waals surface area contributed by atoms with Gasteiger partial charge in [0, 0.05) is 0 Å². The van der Waals surface area contributed by atoms with Crippen molar-refractivity contribution in [2.24, 2.45) is 0 Å². The number of rotatable bonds is 0. The fourth-order valence-corrected chi connectivity index (χ4v) is 1.41. The molecule has 60 valence electrons.